The van der Waals surface area contributed by atoms with Crippen LogP contribution in [0.25, 0.3) is 0 Å². The van der Waals surface area contributed by atoms with Crippen LogP contribution in [0.5, 0.6) is 0 Å². The Bertz CT molecular complexity index is 1110. The predicted octanol–water partition coefficient (Wildman–Crippen LogP) is 4.48. The lowest BCUT2D eigenvalue weighted by molar-refractivity contribution is -0.130. The van der Waals surface area contributed by atoms with E-state index in [0.717, 1.165) is 11.1 Å². The molecule has 1 aliphatic rings. The van der Waals surface area contributed by atoms with Crippen molar-refractivity contribution in [2.45, 2.75) is 12.8 Å². The highest BCUT2D eigenvalue weighted by Crippen LogP contribution is 2.41. The Morgan fingerprint density at radius 2 is 1.20 bits per heavy atom. The van der Waals surface area contributed by atoms with Crippen molar-refractivity contribution >= 4 is 17.5 Å². The first-order chi connectivity index (χ1) is 16.8. The van der Waals surface area contributed by atoms with E-state index in [4.69, 9.17) is 0 Å². The first-order valence-electron chi connectivity index (χ1n) is 12.0. The fraction of sp³-hybridized carbons (Fsp3) is 0.300. The van der Waals surface area contributed by atoms with E-state index in [2.05, 4.69) is 0 Å². The summed E-state index contributed by atoms with van der Waals surface area (Å²) < 4.78 is 0. The van der Waals surface area contributed by atoms with Crippen LogP contribution in [0.3, 0.4) is 0 Å². The molecule has 1 unspecified atom stereocenters. The molecule has 3 aromatic rings. The van der Waals surface area contributed by atoms with Crippen LogP contribution in [-0.4, -0.2) is 61.0 Å². The normalized spacial score (nSPS) is 20.3. The van der Waals surface area contributed by atoms with Gasteiger partial charge in [0.1, 0.15) is 0 Å². The number of rotatable bonds is 7. The van der Waals surface area contributed by atoms with Crippen LogP contribution in [0, 0.1) is 18.8 Å². The molecule has 0 spiro atoms. The van der Waals surface area contributed by atoms with Crippen molar-refractivity contribution in [1.29, 1.82) is 0 Å². The van der Waals surface area contributed by atoms with Crippen LogP contribution in [0.4, 0.5) is 0 Å². The van der Waals surface area contributed by atoms with Crippen LogP contribution < -0.4 is 0 Å². The number of ketones is 2. The van der Waals surface area contributed by atoms with Gasteiger partial charge in [0.25, 0.3) is 0 Å². The van der Waals surface area contributed by atoms with Crippen molar-refractivity contribution in [3.05, 3.63) is 107 Å². The summed E-state index contributed by atoms with van der Waals surface area (Å²) in [6.07, 6.45) is 0. The number of piperidine rings is 1. The summed E-state index contributed by atoms with van der Waals surface area (Å²) >= 11 is 0. The SMILES string of the molecule is Cc1ccc(C2[C@@H](C(=O)c3ccccc3)CN(CC(=O)N(C)C)C[C@H]2C(=O)c2ccccc2)cc1. The van der Waals surface area contributed by atoms with E-state index in [1.165, 1.54) is 0 Å². The minimum Gasteiger partial charge on any atom is -0.348 e. The van der Waals surface area contributed by atoms with E-state index >= 15 is 0 Å². The molecule has 0 aromatic heterocycles. The highest BCUT2D eigenvalue weighted by atomic mass is 16.2. The Labute approximate surface area is 207 Å². The zero-order valence-electron chi connectivity index (χ0n) is 20.6. The summed E-state index contributed by atoms with van der Waals surface area (Å²) in [5.74, 6) is -1.24. The zero-order valence-corrected chi connectivity index (χ0v) is 20.6. The molecule has 0 aliphatic carbocycles. The molecular formula is C30H32N2O3. The Balaban J connectivity index is 1.80. The van der Waals surface area contributed by atoms with E-state index in [9.17, 15) is 14.4 Å². The predicted molar refractivity (Wildman–Crippen MR) is 138 cm³/mol. The van der Waals surface area contributed by atoms with E-state index < -0.39 is 11.8 Å². The molecule has 1 aliphatic heterocycles. The van der Waals surface area contributed by atoms with Gasteiger partial charge in [-0.1, -0.05) is 90.5 Å². The molecule has 0 radical (unpaired) electrons. The molecule has 4 rings (SSSR count). The molecule has 1 fully saturated rings. The lowest BCUT2D eigenvalue weighted by atomic mass is 9.68. The first-order valence-corrected chi connectivity index (χ1v) is 12.0. The van der Waals surface area contributed by atoms with E-state index in [0.29, 0.717) is 24.2 Å². The van der Waals surface area contributed by atoms with Crippen LogP contribution in [0.1, 0.15) is 37.8 Å². The summed E-state index contributed by atoms with van der Waals surface area (Å²) in [5, 5.41) is 0. The minimum absolute atomic E-state index is 0.00374. The van der Waals surface area contributed by atoms with Crippen LogP contribution in [-0.2, 0) is 4.79 Å². The fourth-order valence-corrected chi connectivity index (χ4v) is 4.98. The van der Waals surface area contributed by atoms with Gasteiger partial charge >= 0.3 is 0 Å². The molecular weight excluding hydrogens is 436 g/mol. The van der Waals surface area contributed by atoms with Gasteiger partial charge in [-0.05, 0) is 12.5 Å². The number of likely N-dealkylation sites (tertiary alicyclic amines) is 1. The summed E-state index contributed by atoms with van der Waals surface area (Å²) in [4.78, 5) is 43.9. The molecule has 0 saturated carbocycles. The minimum atomic E-state index is -0.457. The van der Waals surface area contributed by atoms with E-state index in [1.54, 1.807) is 19.0 Å². The number of benzene rings is 3. The summed E-state index contributed by atoms with van der Waals surface area (Å²) in [7, 11) is 3.45. The number of likely N-dealkylation sites (N-methyl/N-ethyl adjacent to an activating group) is 1. The van der Waals surface area contributed by atoms with Crippen molar-refractivity contribution in [2.24, 2.45) is 11.8 Å². The number of hydrogen-bond acceptors (Lipinski definition) is 4. The van der Waals surface area contributed by atoms with E-state index in [-0.39, 0.29) is 29.9 Å². The topological polar surface area (TPSA) is 57.7 Å². The highest BCUT2D eigenvalue weighted by molar-refractivity contribution is 6.02. The third-order valence-electron chi connectivity index (χ3n) is 6.89. The molecule has 1 amide bonds. The van der Waals surface area contributed by atoms with Crippen LogP contribution >= 0.6 is 0 Å². The van der Waals surface area contributed by atoms with Gasteiger partial charge in [0, 0.05) is 56.1 Å². The third-order valence-corrected chi connectivity index (χ3v) is 6.89. The largest absolute Gasteiger partial charge is 0.348 e. The lowest BCUT2D eigenvalue weighted by Crippen LogP contribution is -2.52. The molecule has 35 heavy (non-hydrogen) atoms. The number of Topliss-reactive ketones (excluding diaryl/α,β-unsaturated/α-hetero) is 2. The zero-order chi connectivity index (χ0) is 24.9. The number of hydrogen-bond donors (Lipinski definition) is 0. The molecule has 0 bridgehead atoms. The Morgan fingerprint density at radius 1 is 0.743 bits per heavy atom. The third kappa shape index (κ3) is 5.57. The maximum Gasteiger partial charge on any atom is 0.236 e. The molecule has 0 N–H and O–H groups in total. The van der Waals surface area contributed by atoms with Gasteiger partial charge in [-0.3, -0.25) is 19.3 Å². The van der Waals surface area contributed by atoms with Gasteiger partial charge in [0.05, 0.1) is 6.54 Å². The first kappa shape index (κ1) is 24.6. The molecule has 180 valence electrons. The van der Waals surface area contributed by atoms with Gasteiger partial charge < -0.3 is 4.90 Å². The molecule has 3 atom stereocenters. The number of amides is 1. The van der Waals surface area contributed by atoms with Gasteiger partial charge in [0.15, 0.2) is 11.6 Å². The second-order valence-corrected chi connectivity index (χ2v) is 9.59. The van der Waals surface area contributed by atoms with Crippen molar-refractivity contribution in [2.75, 3.05) is 33.7 Å². The average Bonchev–Trinajstić information content (AvgIpc) is 2.89. The standard InChI is InChI=1S/C30H32N2O3/c1-21-14-16-22(17-15-21)28-25(29(34)23-10-6-4-7-11-23)18-32(20-27(33)31(2)3)19-26(28)30(35)24-12-8-5-9-13-24/h4-17,25-26,28H,18-20H2,1-3H3/t25-,26+,28?. The summed E-state index contributed by atoms with van der Waals surface area (Å²) in [6.45, 7) is 3.04. The quantitative estimate of drug-likeness (QED) is 0.480. The van der Waals surface area contributed by atoms with Crippen molar-refractivity contribution in [3.8, 4) is 0 Å². The average molecular weight is 469 g/mol. The molecule has 5 heteroatoms. The second kappa shape index (κ2) is 10.8. The highest BCUT2D eigenvalue weighted by Gasteiger charge is 2.45. The van der Waals surface area contributed by atoms with Gasteiger partial charge in [0.2, 0.25) is 5.91 Å². The molecule has 5 nitrogen and oxygen atoms in total. The second-order valence-electron chi connectivity index (χ2n) is 9.59. The fourth-order valence-electron chi connectivity index (χ4n) is 4.98. The number of aryl methyl sites for hydroxylation is 1. The van der Waals surface area contributed by atoms with Gasteiger partial charge in [-0.25, -0.2) is 0 Å². The van der Waals surface area contributed by atoms with Gasteiger partial charge in [-0.2, -0.15) is 0 Å². The smallest absolute Gasteiger partial charge is 0.236 e. The number of carbonyl (C=O) groups excluding carboxylic acids is 3. The Kier molecular flexibility index (Phi) is 7.57. The summed E-state index contributed by atoms with van der Waals surface area (Å²) in [5.41, 5.74) is 3.36. The Hall–Kier alpha value is -3.57. The van der Waals surface area contributed by atoms with Crippen molar-refractivity contribution in [3.63, 3.8) is 0 Å². The van der Waals surface area contributed by atoms with Crippen molar-refractivity contribution < 1.29 is 14.4 Å². The molecule has 3 aromatic carbocycles. The van der Waals surface area contributed by atoms with Crippen LogP contribution in [0.2, 0.25) is 0 Å². The number of carbonyl (C=O) groups is 3. The number of nitrogens with zero attached hydrogens (tertiary/aromatic N) is 2. The maximum atomic E-state index is 13.9. The maximum absolute atomic E-state index is 13.9. The monoisotopic (exact) mass is 468 g/mol. The Morgan fingerprint density at radius 3 is 1.63 bits per heavy atom. The lowest BCUT2D eigenvalue weighted by Gasteiger charge is -2.43. The van der Waals surface area contributed by atoms with Gasteiger partial charge in [-0.15, -0.1) is 0 Å². The van der Waals surface area contributed by atoms with Crippen molar-refractivity contribution in [1.82, 2.24) is 9.80 Å². The van der Waals surface area contributed by atoms with Crippen LogP contribution in [0.15, 0.2) is 84.9 Å². The van der Waals surface area contributed by atoms with E-state index in [1.807, 2.05) is 96.8 Å². The molecule has 1 saturated heterocycles. The molecule has 1 heterocycles. The summed E-state index contributed by atoms with van der Waals surface area (Å²) in [6, 6.07) is 26.7.